The predicted octanol–water partition coefficient (Wildman–Crippen LogP) is 1.61. The van der Waals surface area contributed by atoms with Gasteiger partial charge in [-0.1, -0.05) is 11.6 Å². The molecule has 2 N–H and O–H groups in total. The van der Waals surface area contributed by atoms with Crippen LogP contribution in [0.3, 0.4) is 0 Å². The number of hydrogen-bond acceptors (Lipinski definition) is 3. The highest BCUT2D eigenvalue weighted by molar-refractivity contribution is 6.30. The lowest BCUT2D eigenvalue weighted by Gasteiger charge is -2.27. The zero-order valence-electron chi connectivity index (χ0n) is 8.67. The summed E-state index contributed by atoms with van der Waals surface area (Å²) in [4.78, 5) is 2.39. The molecule has 1 aliphatic rings. The van der Waals surface area contributed by atoms with E-state index in [1.54, 1.807) is 0 Å². The van der Waals surface area contributed by atoms with Crippen LogP contribution in [0.2, 0.25) is 5.02 Å². The Hall–Kier alpha value is -0.770. The minimum absolute atomic E-state index is 0.780. The van der Waals surface area contributed by atoms with Crippen molar-refractivity contribution in [3.05, 3.63) is 29.3 Å². The lowest BCUT2D eigenvalue weighted by atomic mass is 10.3. The first-order valence-electron chi connectivity index (χ1n) is 5.27. The molecule has 0 saturated carbocycles. The average Bonchev–Trinajstić information content (AvgIpc) is 2.30. The molecule has 2 rings (SSSR count). The Labute approximate surface area is 95.4 Å². The molecule has 1 fully saturated rings. The van der Waals surface area contributed by atoms with Gasteiger partial charge in [0.25, 0.3) is 0 Å². The summed E-state index contributed by atoms with van der Waals surface area (Å²) in [5, 5.41) is 7.49. The largest absolute Gasteiger partial charge is 0.372 e. The lowest BCUT2D eigenvalue weighted by molar-refractivity contribution is 0.256. The van der Waals surface area contributed by atoms with Gasteiger partial charge in [-0.05, 0) is 24.3 Å². The first kappa shape index (κ1) is 10.7. The molecule has 1 aromatic carbocycles. The van der Waals surface area contributed by atoms with Gasteiger partial charge in [0.1, 0.15) is 0 Å². The Morgan fingerprint density at radius 1 is 1.20 bits per heavy atom. The van der Waals surface area contributed by atoms with E-state index in [9.17, 15) is 0 Å². The second kappa shape index (κ2) is 5.35. The summed E-state index contributed by atoms with van der Waals surface area (Å²) in [6.07, 6.45) is 0. The minimum Gasteiger partial charge on any atom is -0.372 e. The van der Waals surface area contributed by atoms with E-state index in [0.29, 0.717) is 0 Å². The third kappa shape index (κ3) is 3.38. The third-order valence-electron chi connectivity index (χ3n) is 2.56. The van der Waals surface area contributed by atoms with Crippen molar-refractivity contribution in [2.45, 2.75) is 0 Å². The molecule has 1 heterocycles. The Balaban J connectivity index is 1.79. The second-order valence-corrected chi connectivity index (χ2v) is 4.15. The van der Waals surface area contributed by atoms with Gasteiger partial charge in [-0.25, -0.2) is 0 Å². The molecule has 0 bridgehead atoms. The third-order valence-corrected chi connectivity index (χ3v) is 2.81. The van der Waals surface area contributed by atoms with Crippen molar-refractivity contribution in [1.29, 1.82) is 0 Å². The number of nitrogens with one attached hydrogen (secondary N) is 2. The molecule has 0 unspecified atom stereocenters. The number of nitrogens with zero attached hydrogens (tertiary/aromatic N) is 1. The van der Waals surface area contributed by atoms with Gasteiger partial charge in [-0.2, -0.15) is 0 Å². The number of benzene rings is 1. The van der Waals surface area contributed by atoms with Crippen LogP contribution in [0.1, 0.15) is 0 Å². The SMILES string of the molecule is Clc1ccc(NCN2CCNCC2)cc1. The molecule has 3 nitrogen and oxygen atoms in total. The van der Waals surface area contributed by atoms with Crippen LogP contribution >= 0.6 is 11.6 Å². The van der Waals surface area contributed by atoms with E-state index in [0.717, 1.165) is 43.6 Å². The van der Waals surface area contributed by atoms with Gasteiger partial charge in [0.05, 0.1) is 6.67 Å². The first-order chi connectivity index (χ1) is 7.34. The molecule has 0 aliphatic carbocycles. The van der Waals surface area contributed by atoms with Crippen molar-refractivity contribution >= 4 is 17.3 Å². The lowest BCUT2D eigenvalue weighted by Crippen LogP contribution is -2.45. The smallest absolute Gasteiger partial charge is 0.0679 e. The van der Waals surface area contributed by atoms with Crippen molar-refractivity contribution < 1.29 is 0 Å². The molecular formula is C11H16ClN3. The molecule has 0 radical (unpaired) electrons. The topological polar surface area (TPSA) is 27.3 Å². The molecular weight excluding hydrogens is 210 g/mol. The van der Waals surface area contributed by atoms with E-state index in [2.05, 4.69) is 15.5 Å². The minimum atomic E-state index is 0.780. The van der Waals surface area contributed by atoms with Crippen LogP contribution < -0.4 is 10.6 Å². The Kier molecular flexibility index (Phi) is 3.83. The van der Waals surface area contributed by atoms with E-state index < -0.39 is 0 Å². The van der Waals surface area contributed by atoms with E-state index in [1.165, 1.54) is 0 Å². The summed E-state index contributed by atoms with van der Waals surface area (Å²) in [5.74, 6) is 0. The maximum Gasteiger partial charge on any atom is 0.0679 e. The summed E-state index contributed by atoms with van der Waals surface area (Å²) in [6, 6.07) is 7.82. The van der Waals surface area contributed by atoms with Crippen LogP contribution in [0.15, 0.2) is 24.3 Å². The van der Waals surface area contributed by atoms with Gasteiger partial charge in [0.15, 0.2) is 0 Å². The van der Waals surface area contributed by atoms with Crippen molar-refractivity contribution in [1.82, 2.24) is 10.2 Å². The van der Waals surface area contributed by atoms with Crippen LogP contribution in [0.25, 0.3) is 0 Å². The molecule has 0 spiro atoms. The monoisotopic (exact) mass is 225 g/mol. The van der Waals surface area contributed by atoms with E-state index >= 15 is 0 Å². The molecule has 15 heavy (non-hydrogen) atoms. The number of anilines is 1. The average molecular weight is 226 g/mol. The highest BCUT2D eigenvalue weighted by Crippen LogP contribution is 2.13. The van der Waals surface area contributed by atoms with Crippen molar-refractivity contribution in [2.24, 2.45) is 0 Å². The van der Waals surface area contributed by atoms with Gasteiger partial charge in [-0.3, -0.25) is 4.90 Å². The van der Waals surface area contributed by atoms with Gasteiger partial charge < -0.3 is 10.6 Å². The van der Waals surface area contributed by atoms with Crippen LogP contribution in [-0.2, 0) is 0 Å². The van der Waals surface area contributed by atoms with Crippen LogP contribution in [0.5, 0.6) is 0 Å². The van der Waals surface area contributed by atoms with E-state index in [4.69, 9.17) is 11.6 Å². The van der Waals surface area contributed by atoms with Gasteiger partial charge >= 0.3 is 0 Å². The van der Waals surface area contributed by atoms with Gasteiger partial charge in [0.2, 0.25) is 0 Å². The second-order valence-electron chi connectivity index (χ2n) is 3.71. The fraction of sp³-hybridized carbons (Fsp3) is 0.455. The first-order valence-corrected chi connectivity index (χ1v) is 5.65. The quantitative estimate of drug-likeness (QED) is 0.819. The maximum absolute atomic E-state index is 5.81. The van der Waals surface area contributed by atoms with Crippen LogP contribution in [-0.4, -0.2) is 37.7 Å². The summed E-state index contributed by atoms with van der Waals surface area (Å²) in [6.45, 7) is 5.30. The molecule has 0 amide bonds. The molecule has 1 saturated heterocycles. The van der Waals surface area contributed by atoms with Gasteiger partial charge in [0, 0.05) is 36.9 Å². The normalized spacial score (nSPS) is 17.7. The molecule has 0 aromatic heterocycles. The van der Waals surface area contributed by atoms with Crippen molar-refractivity contribution in [3.63, 3.8) is 0 Å². The summed E-state index contributed by atoms with van der Waals surface area (Å²) >= 11 is 5.81. The highest BCUT2D eigenvalue weighted by atomic mass is 35.5. The Bertz CT molecular complexity index is 293. The maximum atomic E-state index is 5.81. The summed E-state index contributed by atoms with van der Waals surface area (Å²) in [5.41, 5.74) is 1.12. The van der Waals surface area contributed by atoms with Crippen molar-refractivity contribution in [2.75, 3.05) is 38.2 Å². The molecule has 82 valence electrons. The predicted molar refractivity (Wildman–Crippen MR) is 64.4 cm³/mol. The Morgan fingerprint density at radius 2 is 1.87 bits per heavy atom. The molecule has 1 aromatic rings. The Morgan fingerprint density at radius 3 is 2.53 bits per heavy atom. The number of hydrogen-bond donors (Lipinski definition) is 2. The molecule has 0 atom stereocenters. The van der Waals surface area contributed by atoms with Crippen molar-refractivity contribution in [3.8, 4) is 0 Å². The fourth-order valence-electron chi connectivity index (χ4n) is 1.64. The fourth-order valence-corrected chi connectivity index (χ4v) is 1.77. The van der Waals surface area contributed by atoms with Crippen LogP contribution in [0.4, 0.5) is 5.69 Å². The molecule has 4 heteroatoms. The highest BCUT2D eigenvalue weighted by Gasteiger charge is 2.07. The van der Waals surface area contributed by atoms with Crippen LogP contribution in [0, 0.1) is 0 Å². The van der Waals surface area contributed by atoms with Gasteiger partial charge in [-0.15, -0.1) is 0 Å². The summed E-state index contributed by atoms with van der Waals surface area (Å²) < 4.78 is 0. The summed E-state index contributed by atoms with van der Waals surface area (Å²) in [7, 11) is 0. The zero-order valence-corrected chi connectivity index (χ0v) is 9.43. The number of rotatable bonds is 3. The number of piperazine rings is 1. The molecule has 1 aliphatic heterocycles. The van der Waals surface area contributed by atoms with E-state index in [-0.39, 0.29) is 0 Å². The number of halogens is 1. The zero-order chi connectivity index (χ0) is 10.5. The van der Waals surface area contributed by atoms with E-state index in [1.807, 2.05) is 24.3 Å². The standard InChI is InChI=1S/C11H16ClN3/c12-10-1-3-11(4-2-10)14-9-15-7-5-13-6-8-15/h1-4,13-14H,5-9H2.